The predicted octanol–water partition coefficient (Wildman–Crippen LogP) is 5.87. The number of pyridine rings is 1. The SMILES string of the molecule is Cn1c(C(=O)N2CCN(Cc3ccc4c(c3)OCO4)CC2)cc2cc(Oc3ccc(NS(=O)(=O)c4ccc(C(F)(F)F)cc4)cn3)ccc21. The van der Waals surface area contributed by atoms with E-state index < -0.39 is 21.8 Å². The third-order valence-electron chi connectivity index (χ3n) is 8.44. The molecule has 5 aromatic rings. The van der Waals surface area contributed by atoms with E-state index in [1.807, 2.05) is 46.8 Å². The molecule has 0 aliphatic carbocycles. The molecule has 0 spiro atoms. The second-order valence-corrected chi connectivity index (χ2v) is 13.4. The van der Waals surface area contributed by atoms with Crippen molar-refractivity contribution in [2.45, 2.75) is 17.6 Å². The third-order valence-corrected chi connectivity index (χ3v) is 9.84. The van der Waals surface area contributed by atoms with E-state index in [4.69, 9.17) is 14.2 Å². The van der Waals surface area contributed by atoms with Gasteiger partial charge in [-0.3, -0.25) is 14.4 Å². The highest BCUT2D eigenvalue weighted by Gasteiger charge is 2.31. The molecule has 1 N–H and O–H groups in total. The quantitative estimate of drug-likeness (QED) is 0.215. The Kier molecular flexibility index (Phi) is 8.32. The maximum atomic E-state index is 13.6. The summed E-state index contributed by atoms with van der Waals surface area (Å²) in [5.41, 5.74) is 1.68. The number of ether oxygens (including phenoxy) is 3. The van der Waals surface area contributed by atoms with Crippen LogP contribution in [0.1, 0.15) is 21.6 Å². The normalized spacial score (nSPS) is 15.1. The molecule has 4 heterocycles. The number of hydrogen-bond acceptors (Lipinski definition) is 8. The fraction of sp³-hybridized carbons (Fsp3) is 0.235. The number of anilines is 1. The Morgan fingerprint density at radius 3 is 2.39 bits per heavy atom. The van der Waals surface area contributed by atoms with Crippen LogP contribution in [0.4, 0.5) is 18.9 Å². The molecule has 0 bridgehead atoms. The average Bonchev–Trinajstić information content (AvgIpc) is 3.69. The van der Waals surface area contributed by atoms with Crippen LogP contribution in [0.3, 0.4) is 0 Å². The molecule has 0 saturated carbocycles. The van der Waals surface area contributed by atoms with E-state index >= 15 is 0 Å². The molecule has 11 nitrogen and oxygen atoms in total. The summed E-state index contributed by atoms with van der Waals surface area (Å²) in [7, 11) is -2.30. The first-order chi connectivity index (χ1) is 23.4. The number of nitrogens with zero attached hydrogens (tertiary/aromatic N) is 4. The average molecular weight is 694 g/mol. The fourth-order valence-electron chi connectivity index (χ4n) is 5.82. The molecule has 0 atom stereocenters. The molecule has 15 heteroatoms. The predicted molar refractivity (Wildman–Crippen MR) is 173 cm³/mol. The molecule has 1 fully saturated rings. The summed E-state index contributed by atoms with van der Waals surface area (Å²) in [4.78, 5) is 21.6. The molecule has 0 radical (unpaired) electrons. The summed E-state index contributed by atoms with van der Waals surface area (Å²) in [6, 6.07) is 19.2. The minimum absolute atomic E-state index is 0.0556. The van der Waals surface area contributed by atoms with Gasteiger partial charge in [0.2, 0.25) is 12.7 Å². The van der Waals surface area contributed by atoms with Gasteiger partial charge in [0.25, 0.3) is 15.9 Å². The zero-order valence-corrected chi connectivity index (χ0v) is 26.9. The number of fused-ring (bicyclic) bond motifs is 2. The number of aromatic nitrogens is 2. The van der Waals surface area contributed by atoms with E-state index in [1.54, 1.807) is 12.1 Å². The summed E-state index contributed by atoms with van der Waals surface area (Å²) in [6.45, 7) is 3.67. The van der Waals surface area contributed by atoms with Crippen LogP contribution < -0.4 is 18.9 Å². The Morgan fingerprint density at radius 1 is 0.918 bits per heavy atom. The molecule has 7 rings (SSSR count). The number of halogens is 3. The van der Waals surface area contributed by atoms with E-state index in [0.29, 0.717) is 36.7 Å². The van der Waals surface area contributed by atoms with Crippen molar-refractivity contribution in [3.63, 3.8) is 0 Å². The Bertz CT molecular complexity index is 2130. The molecule has 1 amide bonds. The first kappa shape index (κ1) is 32.3. The number of hydrogen-bond donors (Lipinski definition) is 1. The highest BCUT2D eigenvalue weighted by molar-refractivity contribution is 7.92. The van der Waals surface area contributed by atoms with Gasteiger partial charge < -0.3 is 23.7 Å². The number of rotatable bonds is 8. The lowest BCUT2D eigenvalue weighted by Gasteiger charge is -2.34. The number of benzene rings is 3. The van der Waals surface area contributed by atoms with Crippen molar-refractivity contribution in [2.75, 3.05) is 37.7 Å². The smallest absolute Gasteiger partial charge is 0.416 e. The van der Waals surface area contributed by atoms with Gasteiger partial charge in [-0.15, -0.1) is 0 Å². The molecule has 254 valence electrons. The van der Waals surface area contributed by atoms with Gasteiger partial charge in [0.15, 0.2) is 11.5 Å². The molecule has 1 saturated heterocycles. The number of aryl methyl sites for hydroxylation is 1. The van der Waals surface area contributed by atoms with Crippen LogP contribution >= 0.6 is 0 Å². The van der Waals surface area contributed by atoms with Gasteiger partial charge in [-0.2, -0.15) is 13.2 Å². The second-order valence-electron chi connectivity index (χ2n) is 11.7. The number of alkyl halides is 3. The molecule has 2 aliphatic heterocycles. The van der Waals surface area contributed by atoms with Crippen molar-refractivity contribution in [3.05, 3.63) is 102 Å². The maximum absolute atomic E-state index is 13.6. The third kappa shape index (κ3) is 6.85. The van der Waals surface area contributed by atoms with E-state index in [2.05, 4.69) is 14.6 Å². The Balaban J connectivity index is 0.966. The van der Waals surface area contributed by atoms with Crippen LogP contribution in [-0.4, -0.2) is 66.6 Å². The van der Waals surface area contributed by atoms with Crippen molar-refractivity contribution in [1.29, 1.82) is 0 Å². The minimum Gasteiger partial charge on any atom is -0.454 e. The van der Waals surface area contributed by atoms with Gasteiger partial charge >= 0.3 is 6.18 Å². The molecule has 2 aliphatic rings. The summed E-state index contributed by atoms with van der Waals surface area (Å²) in [5.74, 6) is 2.10. The van der Waals surface area contributed by atoms with Crippen molar-refractivity contribution in [2.24, 2.45) is 7.05 Å². The van der Waals surface area contributed by atoms with Crippen molar-refractivity contribution < 1.29 is 40.6 Å². The van der Waals surface area contributed by atoms with E-state index in [-0.39, 0.29) is 29.2 Å². The van der Waals surface area contributed by atoms with Crippen LogP contribution in [0.15, 0.2) is 90.0 Å². The largest absolute Gasteiger partial charge is 0.454 e. The van der Waals surface area contributed by atoms with Crippen LogP contribution in [0.25, 0.3) is 10.9 Å². The minimum atomic E-state index is -4.58. The van der Waals surface area contributed by atoms with Gasteiger partial charge in [0.1, 0.15) is 11.4 Å². The monoisotopic (exact) mass is 693 g/mol. The maximum Gasteiger partial charge on any atom is 0.416 e. The van der Waals surface area contributed by atoms with Gasteiger partial charge in [0, 0.05) is 56.7 Å². The van der Waals surface area contributed by atoms with Gasteiger partial charge in [0.05, 0.1) is 22.3 Å². The zero-order valence-electron chi connectivity index (χ0n) is 26.1. The Labute approximate surface area is 279 Å². The standard InChI is InChI=1S/C34H30F3N5O6S/c1-40-28-9-6-26(48-32-11-5-25(19-38-32)39-49(44,45)27-7-3-24(4-8-27)34(35,36)37)17-23(28)18-29(40)33(43)42-14-12-41(13-15-42)20-22-2-10-30-31(16-22)47-21-46-30/h2-11,16-19,39H,12-15,20-21H2,1H3. The van der Waals surface area contributed by atoms with Gasteiger partial charge in [-0.1, -0.05) is 6.07 Å². The van der Waals surface area contributed by atoms with Crippen molar-refractivity contribution >= 4 is 32.5 Å². The number of amides is 1. The van der Waals surface area contributed by atoms with E-state index in [9.17, 15) is 26.4 Å². The molecule has 3 aromatic carbocycles. The first-order valence-corrected chi connectivity index (χ1v) is 16.7. The summed E-state index contributed by atoms with van der Waals surface area (Å²) >= 11 is 0. The Hall–Kier alpha value is -5.28. The van der Waals surface area contributed by atoms with Crippen LogP contribution in [0.5, 0.6) is 23.1 Å². The number of nitrogens with one attached hydrogen (secondary N) is 1. The molecule has 49 heavy (non-hydrogen) atoms. The number of carbonyl (C=O) groups is 1. The lowest BCUT2D eigenvalue weighted by atomic mass is 10.1. The van der Waals surface area contributed by atoms with Crippen LogP contribution in [0.2, 0.25) is 0 Å². The molecular weight excluding hydrogens is 663 g/mol. The lowest BCUT2D eigenvalue weighted by Crippen LogP contribution is -2.48. The number of piperazine rings is 1. The molecular formula is C34H30F3N5O6S. The summed E-state index contributed by atoms with van der Waals surface area (Å²) in [5, 5.41) is 0.797. The summed E-state index contributed by atoms with van der Waals surface area (Å²) in [6.07, 6.45) is -3.34. The topological polar surface area (TPSA) is 115 Å². The van der Waals surface area contributed by atoms with Crippen LogP contribution in [0, 0.1) is 0 Å². The number of sulfonamides is 1. The van der Waals surface area contributed by atoms with Gasteiger partial charge in [-0.25, -0.2) is 13.4 Å². The summed E-state index contributed by atoms with van der Waals surface area (Å²) < 4.78 is 84.8. The van der Waals surface area contributed by atoms with Crippen LogP contribution in [-0.2, 0) is 29.8 Å². The zero-order chi connectivity index (χ0) is 34.3. The highest BCUT2D eigenvalue weighted by atomic mass is 32.2. The first-order valence-electron chi connectivity index (χ1n) is 15.3. The van der Waals surface area contributed by atoms with E-state index in [0.717, 1.165) is 59.7 Å². The van der Waals surface area contributed by atoms with Crippen molar-refractivity contribution in [3.8, 4) is 23.1 Å². The fourth-order valence-corrected chi connectivity index (χ4v) is 6.87. The van der Waals surface area contributed by atoms with E-state index in [1.165, 1.54) is 18.3 Å². The lowest BCUT2D eigenvalue weighted by molar-refractivity contribution is -0.137. The Morgan fingerprint density at radius 2 is 1.67 bits per heavy atom. The second kappa shape index (κ2) is 12.6. The van der Waals surface area contributed by atoms with Crippen molar-refractivity contribution in [1.82, 2.24) is 19.4 Å². The highest BCUT2D eigenvalue weighted by Crippen LogP contribution is 2.34. The van der Waals surface area contributed by atoms with Gasteiger partial charge in [-0.05, 0) is 72.3 Å². The molecule has 2 aromatic heterocycles. The molecule has 0 unspecified atom stereocenters. The number of carbonyl (C=O) groups excluding carboxylic acids is 1.